The van der Waals surface area contributed by atoms with E-state index in [1.54, 1.807) is 31.1 Å². The van der Waals surface area contributed by atoms with Gasteiger partial charge in [0.1, 0.15) is 16.5 Å². The second kappa shape index (κ2) is 5.40. The van der Waals surface area contributed by atoms with Gasteiger partial charge in [-0.15, -0.1) is 10.2 Å². The zero-order valence-corrected chi connectivity index (χ0v) is 13.2. The van der Waals surface area contributed by atoms with Crippen LogP contribution in [0.4, 0.5) is 0 Å². The molecule has 0 atom stereocenters. The number of aromatic nitrogens is 4. The minimum atomic E-state index is 0.572. The monoisotopic (exact) mass is 328 g/mol. The standard InChI is InChI=1S/C15H12N4O3S/c1-20-10-6-9(7-11(8-10)21-2)14-18-19-13(12-4-3-5-22-12)16-17-15(19)23-14/h3-8H,1-2H3. The molecule has 0 N–H and O–H groups in total. The highest BCUT2D eigenvalue weighted by Crippen LogP contribution is 2.33. The van der Waals surface area contributed by atoms with E-state index in [-0.39, 0.29) is 0 Å². The third kappa shape index (κ3) is 2.33. The molecule has 0 aliphatic heterocycles. The Morgan fingerprint density at radius 2 is 1.87 bits per heavy atom. The van der Waals surface area contributed by atoms with Crippen LogP contribution >= 0.6 is 11.3 Å². The quantitative estimate of drug-likeness (QED) is 0.573. The summed E-state index contributed by atoms with van der Waals surface area (Å²) in [5, 5.41) is 13.7. The van der Waals surface area contributed by atoms with E-state index in [4.69, 9.17) is 13.9 Å². The molecule has 1 aromatic carbocycles. The van der Waals surface area contributed by atoms with Gasteiger partial charge in [-0.3, -0.25) is 0 Å². The van der Waals surface area contributed by atoms with Gasteiger partial charge in [-0.2, -0.15) is 9.61 Å². The molecule has 3 aromatic heterocycles. The minimum absolute atomic E-state index is 0.572. The van der Waals surface area contributed by atoms with Crippen LogP contribution in [0.25, 0.3) is 27.1 Å². The lowest BCUT2D eigenvalue weighted by Crippen LogP contribution is -1.91. The summed E-state index contributed by atoms with van der Waals surface area (Å²) in [5.41, 5.74) is 0.891. The molecule has 0 unspecified atom stereocenters. The predicted molar refractivity (Wildman–Crippen MR) is 84.9 cm³/mol. The Balaban J connectivity index is 1.84. The average Bonchev–Trinajstić information content (AvgIpc) is 3.30. The van der Waals surface area contributed by atoms with Crippen LogP contribution in [0.1, 0.15) is 0 Å². The van der Waals surface area contributed by atoms with Crippen molar-refractivity contribution in [3.05, 3.63) is 36.6 Å². The van der Waals surface area contributed by atoms with Crippen LogP contribution in [-0.4, -0.2) is 34.0 Å². The largest absolute Gasteiger partial charge is 0.497 e. The highest BCUT2D eigenvalue weighted by atomic mass is 32.1. The summed E-state index contributed by atoms with van der Waals surface area (Å²) in [7, 11) is 3.23. The number of benzene rings is 1. The molecule has 4 rings (SSSR count). The lowest BCUT2D eigenvalue weighted by molar-refractivity contribution is 0.394. The maximum absolute atomic E-state index is 5.38. The highest BCUT2D eigenvalue weighted by Gasteiger charge is 2.17. The fourth-order valence-electron chi connectivity index (χ4n) is 2.22. The lowest BCUT2D eigenvalue weighted by Gasteiger charge is -2.06. The maximum atomic E-state index is 5.38. The van der Waals surface area contributed by atoms with E-state index in [1.165, 1.54) is 11.3 Å². The molecule has 23 heavy (non-hydrogen) atoms. The van der Waals surface area contributed by atoms with E-state index in [1.807, 2.05) is 24.3 Å². The molecule has 0 saturated heterocycles. The number of nitrogens with zero attached hydrogens (tertiary/aromatic N) is 4. The zero-order chi connectivity index (χ0) is 15.8. The maximum Gasteiger partial charge on any atom is 0.235 e. The van der Waals surface area contributed by atoms with Gasteiger partial charge in [0, 0.05) is 11.6 Å². The number of fused-ring (bicyclic) bond motifs is 1. The summed E-state index contributed by atoms with van der Waals surface area (Å²) in [6.07, 6.45) is 1.59. The Hall–Kier alpha value is -2.87. The van der Waals surface area contributed by atoms with Crippen LogP contribution < -0.4 is 9.47 Å². The first-order valence-electron chi connectivity index (χ1n) is 6.78. The van der Waals surface area contributed by atoms with Gasteiger partial charge in [-0.05, 0) is 24.3 Å². The van der Waals surface area contributed by atoms with Gasteiger partial charge in [0.15, 0.2) is 5.76 Å². The topological polar surface area (TPSA) is 74.7 Å². The van der Waals surface area contributed by atoms with Crippen molar-refractivity contribution in [3.63, 3.8) is 0 Å². The minimum Gasteiger partial charge on any atom is -0.497 e. The van der Waals surface area contributed by atoms with Crippen LogP contribution in [0, 0.1) is 0 Å². The summed E-state index contributed by atoms with van der Waals surface area (Å²) in [4.78, 5) is 0.688. The first-order chi connectivity index (χ1) is 11.3. The normalized spacial score (nSPS) is 11.0. The number of hydrogen-bond acceptors (Lipinski definition) is 7. The highest BCUT2D eigenvalue weighted by molar-refractivity contribution is 7.19. The van der Waals surface area contributed by atoms with Gasteiger partial charge < -0.3 is 13.9 Å². The Bertz CT molecular complexity index is 936. The molecule has 0 saturated carbocycles. The number of methoxy groups -OCH3 is 2. The van der Waals surface area contributed by atoms with Gasteiger partial charge in [0.25, 0.3) is 0 Å². The Morgan fingerprint density at radius 3 is 2.52 bits per heavy atom. The van der Waals surface area contributed by atoms with Gasteiger partial charge in [-0.1, -0.05) is 11.3 Å². The fourth-order valence-corrected chi connectivity index (χ4v) is 3.05. The van der Waals surface area contributed by atoms with Crippen molar-refractivity contribution in [2.24, 2.45) is 0 Å². The molecule has 116 valence electrons. The fraction of sp³-hybridized carbons (Fsp3) is 0.133. The predicted octanol–water partition coefficient (Wildman–Crippen LogP) is 3.13. The van der Waals surface area contributed by atoms with Gasteiger partial charge >= 0.3 is 0 Å². The summed E-state index contributed by atoms with van der Waals surface area (Å²) in [6, 6.07) is 9.25. The first-order valence-corrected chi connectivity index (χ1v) is 7.59. The van der Waals surface area contributed by atoms with Crippen molar-refractivity contribution in [2.45, 2.75) is 0 Å². The van der Waals surface area contributed by atoms with Crippen molar-refractivity contribution in [1.82, 2.24) is 19.8 Å². The van der Waals surface area contributed by atoms with Crippen LogP contribution in [0.15, 0.2) is 41.0 Å². The van der Waals surface area contributed by atoms with Crippen LogP contribution in [-0.2, 0) is 0 Å². The van der Waals surface area contributed by atoms with Crippen molar-refractivity contribution < 1.29 is 13.9 Å². The van der Waals surface area contributed by atoms with Crippen LogP contribution in [0.2, 0.25) is 0 Å². The third-order valence-electron chi connectivity index (χ3n) is 3.33. The Kier molecular flexibility index (Phi) is 3.23. The summed E-state index contributed by atoms with van der Waals surface area (Å²) in [6.45, 7) is 0. The van der Waals surface area contributed by atoms with E-state index >= 15 is 0 Å². The SMILES string of the molecule is COc1cc(OC)cc(-c2nn3c(-c4ccco4)nnc3s2)c1. The molecular formula is C15H12N4O3S. The molecule has 3 heterocycles. The third-order valence-corrected chi connectivity index (χ3v) is 4.28. The Labute approximate surface area is 135 Å². The van der Waals surface area contributed by atoms with Crippen molar-refractivity contribution in [3.8, 4) is 33.7 Å². The van der Waals surface area contributed by atoms with Gasteiger partial charge in [0.05, 0.1) is 20.5 Å². The second-order valence-corrected chi connectivity index (χ2v) is 5.66. The molecule has 4 aromatic rings. The lowest BCUT2D eigenvalue weighted by atomic mass is 10.2. The molecule has 0 spiro atoms. The van der Waals surface area contributed by atoms with Crippen LogP contribution in [0.3, 0.4) is 0 Å². The van der Waals surface area contributed by atoms with E-state index in [2.05, 4.69) is 15.3 Å². The number of furan rings is 1. The number of ether oxygens (including phenoxy) is 2. The van der Waals surface area contributed by atoms with E-state index in [0.29, 0.717) is 28.0 Å². The number of hydrogen-bond donors (Lipinski definition) is 0. The smallest absolute Gasteiger partial charge is 0.235 e. The van der Waals surface area contributed by atoms with Gasteiger partial charge in [-0.25, -0.2) is 0 Å². The van der Waals surface area contributed by atoms with E-state index < -0.39 is 0 Å². The van der Waals surface area contributed by atoms with Crippen LogP contribution in [0.5, 0.6) is 11.5 Å². The molecular weight excluding hydrogens is 316 g/mol. The Morgan fingerprint density at radius 1 is 1.09 bits per heavy atom. The molecule has 0 aliphatic carbocycles. The summed E-state index contributed by atoms with van der Waals surface area (Å²) >= 11 is 1.43. The zero-order valence-electron chi connectivity index (χ0n) is 12.4. The summed E-state index contributed by atoms with van der Waals surface area (Å²) < 4.78 is 17.7. The van der Waals surface area contributed by atoms with E-state index in [9.17, 15) is 0 Å². The van der Waals surface area contributed by atoms with Crippen molar-refractivity contribution in [2.75, 3.05) is 14.2 Å². The molecule has 0 radical (unpaired) electrons. The second-order valence-electron chi connectivity index (χ2n) is 4.70. The molecule has 0 amide bonds. The number of rotatable bonds is 4. The van der Waals surface area contributed by atoms with E-state index in [0.717, 1.165) is 10.6 Å². The molecule has 0 bridgehead atoms. The summed E-state index contributed by atoms with van der Waals surface area (Å²) in [5.74, 6) is 2.60. The average molecular weight is 328 g/mol. The molecule has 0 aliphatic rings. The molecule has 0 fully saturated rings. The van der Waals surface area contributed by atoms with Gasteiger partial charge in [0.2, 0.25) is 10.8 Å². The van der Waals surface area contributed by atoms with Crippen molar-refractivity contribution in [1.29, 1.82) is 0 Å². The molecule has 8 heteroatoms. The molecule has 7 nitrogen and oxygen atoms in total. The first kappa shape index (κ1) is 13.8. The van der Waals surface area contributed by atoms with Crippen molar-refractivity contribution >= 4 is 16.3 Å².